The fourth-order valence-corrected chi connectivity index (χ4v) is 2.01. The van der Waals surface area contributed by atoms with Gasteiger partial charge in [0.2, 0.25) is 0 Å². The highest BCUT2D eigenvalue weighted by molar-refractivity contribution is 6.33. The van der Waals surface area contributed by atoms with E-state index in [1.54, 1.807) is 0 Å². The molecule has 0 aliphatic rings. The third kappa shape index (κ3) is 3.01. The highest BCUT2D eigenvalue weighted by atomic mass is 35.5. The molecule has 3 nitrogen and oxygen atoms in total. The molecule has 2 aromatic rings. The number of imidazole rings is 1. The lowest BCUT2D eigenvalue weighted by Gasteiger charge is -2.08. The monoisotopic (exact) mass is 249 g/mol. The highest BCUT2D eigenvalue weighted by Crippen LogP contribution is 2.22. The molecule has 0 aliphatic heterocycles. The van der Waals surface area contributed by atoms with Gasteiger partial charge in [0.1, 0.15) is 5.82 Å². The van der Waals surface area contributed by atoms with Crippen molar-refractivity contribution < 1.29 is 0 Å². The molecule has 90 valence electrons. The zero-order valence-electron chi connectivity index (χ0n) is 10.1. The molecule has 0 saturated carbocycles. The van der Waals surface area contributed by atoms with E-state index in [-0.39, 0.29) is 0 Å². The van der Waals surface area contributed by atoms with Gasteiger partial charge in [-0.25, -0.2) is 4.98 Å². The Labute approximate surface area is 106 Å². The van der Waals surface area contributed by atoms with Crippen LogP contribution >= 0.6 is 11.6 Å². The van der Waals surface area contributed by atoms with Crippen LogP contribution in [0.15, 0.2) is 30.6 Å². The molecule has 1 aromatic heterocycles. The summed E-state index contributed by atoms with van der Waals surface area (Å²) in [5.41, 5.74) is 2.15. The number of aryl methyl sites for hydroxylation is 2. The van der Waals surface area contributed by atoms with Gasteiger partial charge >= 0.3 is 0 Å². The van der Waals surface area contributed by atoms with Crippen LogP contribution in [-0.2, 0) is 13.5 Å². The van der Waals surface area contributed by atoms with Crippen molar-refractivity contribution in [1.29, 1.82) is 0 Å². The summed E-state index contributed by atoms with van der Waals surface area (Å²) < 4.78 is 2.03. The molecular formula is C13H16ClN3. The second-order valence-electron chi connectivity index (χ2n) is 4.11. The Morgan fingerprint density at radius 2 is 2.24 bits per heavy atom. The average molecular weight is 250 g/mol. The summed E-state index contributed by atoms with van der Waals surface area (Å²) >= 11 is 6.14. The van der Waals surface area contributed by atoms with Crippen LogP contribution < -0.4 is 5.32 Å². The molecule has 0 fully saturated rings. The third-order valence-electron chi connectivity index (χ3n) is 2.71. The van der Waals surface area contributed by atoms with Gasteiger partial charge in [0.25, 0.3) is 0 Å². The molecule has 1 N–H and O–H groups in total. The number of nitrogens with one attached hydrogen (secondary N) is 1. The van der Waals surface area contributed by atoms with Crippen molar-refractivity contribution in [2.75, 3.05) is 11.9 Å². The Morgan fingerprint density at radius 3 is 2.88 bits per heavy atom. The maximum Gasteiger partial charge on any atom is 0.110 e. The Bertz CT molecular complexity index is 505. The lowest BCUT2D eigenvalue weighted by atomic mass is 10.2. The van der Waals surface area contributed by atoms with Gasteiger partial charge < -0.3 is 9.88 Å². The van der Waals surface area contributed by atoms with Crippen LogP contribution in [0.1, 0.15) is 11.4 Å². The van der Waals surface area contributed by atoms with Crippen molar-refractivity contribution in [2.45, 2.75) is 13.3 Å². The lowest BCUT2D eigenvalue weighted by molar-refractivity contribution is 0.789. The van der Waals surface area contributed by atoms with Gasteiger partial charge in [-0.05, 0) is 24.6 Å². The molecule has 0 spiro atoms. The third-order valence-corrected chi connectivity index (χ3v) is 3.02. The minimum atomic E-state index is 0.768. The summed E-state index contributed by atoms with van der Waals surface area (Å²) in [6.07, 6.45) is 4.65. The van der Waals surface area contributed by atoms with Crippen LogP contribution in [0, 0.1) is 6.92 Å². The molecular weight excluding hydrogens is 234 g/mol. The van der Waals surface area contributed by atoms with E-state index in [4.69, 9.17) is 11.6 Å². The SMILES string of the molecule is Cc1ccc(NCCc2nccn2C)c(Cl)c1. The molecule has 0 radical (unpaired) electrons. The molecule has 0 atom stereocenters. The van der Waals surface area contributed by atoms with Crippen molar-refractivity contribution in [3.63, 3.8) is 0 Å². The van der Waals surface area contributed by atoms with Gasteiger partial charge in [-0.2, -0.15) is 0 Å². The zero-order valence-corrected chi connectivity index (χ0v) is 10.8. The summed E-state index contributed by atoms with van der Waals surface area (Å²) in [4.78, 5) is 4.27. The van der Waals surface area contributed by atoms with Crippen molar-refractivity contribution in [3.8, 4) is 0 Å². The summed E-state index contributed by atoms with van der Waals surface area (Å²) in [7, 11) is 2.00. The molecule has 0 saturated heterocycles. The molecule has 1 heterocycles. The van der Waals surface area contributed by atoms with Crippen molar-refractivity contribution in [1.82, 2.24) is 9.55 Å². The van der Waals surface area contributed by atoms with Gasteiger partial charge in [-0.1, -0.05) is 17.7 Å². The van der Waals surface area contributed by atoms with Crippen LogP contribution in [0.5, 0.6) is 0 Å². The fourth-order valence-electron chi connectivity index (χ4n) is 1.71. The minimum absolute atomic E-state index is 0.768. The number of halogens is 1. The summed E-state index contributed by atoms with van der Waals surface area (Å²) in [5, 5.41) is 4.09. The maximum atomic E-state index is 6.14. The van der Waals surface area contributed by atoms with Crippen LogP contribution in [0.2, 0.25) is 5.02 Å². The topological polar surface area (TPSA) is 29.9 Å². The van der Waals surface area contributed by atoms with E-state index < -0.39 is 0 Å². The van der Waals surface area contributed by atoms with Gasteiger partial charge in [0, 0.05) is 32.4 Å². The number of anilines is 1. The summed E-state index contributed by atoms with van der Waals surface area (Å²) in [6, 6.07) is 6.02. The predicted octanol–water partition coefficient (Wildman–Crippen LogP) is 3.04. The molecule has 4 heteroatoms. The van der Waals surface area contributed by atoms with E-state index in [1.807, 2.05) is 43.1 Å². The van der Waals surface area contributed by atoms with E-state index in [9.17, 15) is 0 Å². The summed E-state index contributed by atoms with van der Waals surface area (Å²) in [5.74, 6) is 1.07. The van der Waals surface area contributed by atoms with Crippen LogP contribution in [-0.4, -0.2) is 16.1 Å². The second-order valence-corrected chi connectivity index (χ2v) is 4.52. The first-order chi connectivity index (χ1) is 8.16. The molecule has 1 aromatic carbocycles. The molecule has 0 amide bonds. The van der Waals surface area contributed by atoms with Crippen LogP contribution in [0.3, 0.4) is 0 Å². The number of rotatable bonds is 4. The quantitative estimate of drug-likeness (QED) is 0.903. The molecule has 17 heavy (non-hydrogen) atoms. The van der Waals surface area contributed by atoms with Crippen molar-refractivity contribution >= 4 is 17.3 Å². The molecule has 0 bridgehead atoms. The van der Waals surface area contributed by atoms with Gasteiger partial charge in [0.05, 0.1) is 10.7 Å². The Hall–Kier alpha value is -1.48. The van der Waals surface area contributed by atoms with Gasteiger partial charge in [0.15, 0.2) is 0 Å². The number of hydrogen-bond acceptors (Lipinski definition) is 2. The average Bonchev–Trinajstić information content (AvgIpc) is 2.68. The fraction of sp³-hybridized carbons (Fsp3) is 0.308. The number of hydrogen-bond donors (Lipinski definition) is 1. The second kappa shape index (κ2) is 5.23. The van der Waals surface area contributed by atoms with E-state index in [2.05, 4.69) is 16.4 Å². The van der Waals surface area contributed by atoms with Gasteiger partial charge in [-0.15, -0.1) is 0 Å². The molecule has 2 rings (SSSR count). The first-order valence-electron chi connectivity index (χ1n) is 5.63. The number of nitrogens with zero attached hydrogens (tertiary/aromatic N) is 2. The molecule has 0 aliphatic carbocycles. The van der Waals surface area contributed by atoms with Crippen LogP contribution in [0.25, 0.3) is 0 Å². The highest BCUT2D eigenvalue weighted by Gasteiger charge is 2.01. The number of aromatic nitrogens is 2. The van der Waals surface area contributed by atoms with E-state index in [0.717, 1.165) is 29.5 Å². The Kier molecular flexibility index (Phi) is 3.69. The first-order valence-corrected chi connectivity index (χ1v) is 6.01. The minimum Gasteiger partial charge on any atom is -0.383 e. The van der Waals surface area contributed by atoms with E-state index in [0.29, 0.717) is 0 Å². The predicted molar refractivity (Wildman–Crippen MR) is 71.6 cm³/mol. The normalized spacial score (nSPS) is 10.5. The lowest BCUT2D eigenvalue weighted by Crippen LogP contribution is -2.08. The Balaban J connectivity index is 1.92. The van der Waals surface area contributed by atoms with Crippen molar-refractivity contribution in [2.24, 2.45) is 7.05 Å². The van der Waals surface area contributed by atoms with E-state index >= 15 is 0 Å². The summed E-state index contributed by atoms with van der Waals surface area (Å²) in [6.45, 7) is 2.86. The standard InChI is InChI=1S/C13H16ClN3/c1-10-3-4-12(11(14)9-10)15-6-5-13-16-7-8-17(13)2/h3-4,7-9,15H,5-6H2,1-2H3. The first kappa shape index (κ1) is 12.0. The van der Waals surface area contributed by atoms with E-state index in [1.165, 1.54) is 5.56 Å². The Morgan fingerprint density at radius 1 is 1.41 bits per heavy atom. The molecule has 0 unspecified atom stereocenters. The van der Waals surface area contributed by atoms with Gasteiger partial charge in [-0.3, -0.25) is 0 Å². The number of benzene rings is 1. The van der Waals surface area contributed by atoms with Crippen LogP contribution in [0.4, 0.5) is 5.69 Å². The maximum absolute atomic E-state index is 6.14. The largest absolute Gasteiger partial charge is 0.383 e. The van der Waals surface area contributed by atoms with Crippen molar-refractivity contribution in [3.05, 3.63) is 47.0 Å². The zero-order chi connectivity index (χ0) is 12.3. The smallest absolute Gasteiger partial charge is 0.110 e.